The van der Waals surface area contributed by atoms with Gasteiger partial charge in [-0.05, 0) is 66.6 Å². The topological polar surface area (TPSA) is 9.23 Å². The molecular formula is C16H18OS. The zero-order valence-corrected chi connectivity index (χ0v) is 12.1. The zero-order valence-electron chi connectivity index (χ0n) is 11.3. The molecule has 1 aromatic carbocycles. The normalized spacial score (nSPS) is 11.1. The van der Waals surface area contributed by atoms with Crippen LogP contribution in [0.2, 0.25) is 0 Å². The summed E-state index contributed by atoms with van der Waals surface area (Å²) in [6.45, 7) is 6.34. The molecule has 0 atom stereocenters. The van der Waals surface area contributed by atoms with Crippen LogP contribution in [-0.4, -0.2) is 7.11 Å². The van der Waals surface area contributed by atoms with Gasteiger partial charge in [-0.2, -0.15) is 0 Å². The van der Waals surface area contributed by atoms with E-state index in [1.54, 1.807) is 18.4 Å². The zero-order chi connectivity index (χ0) is 13.1. The minimum Gasteiger partial charge on any atom is -0.496 e. The van der Waals surface area contributed by atoms with E-state index in [2.05, 4.69) is 56.5 Å². The van der Waals surface area contributed by atoms with Crippen molar-refractivity contribution in [3.05, 3.63) is 50.7 Å². The first kappa shape index (κ1) is 12.9. The molecule has 0 N–H and O–H groups in total. The van der Waals surface area contributed by atoms with E-state index in [4.69, 9.17) is 4.74 Å². The van der Waals surface area contributed by atoms with Gasteiger partial charge in [0.25, 0.3) is 0 Å². The molecule has 0 spiro atoms. The molecule has 1 nitrogen and oxygen atoms in total. The first-order valence-corrected chi connectivity index (χ1v) is 6.87. The predicted octanol–water partition coefficient (Wildman–Crippen LogP) is 4.85. The van der Waals surface area contributed by atoms with E-state index in [0.29, 0.717) is 0 Å². The van der Waals surface area contributed by atoms with E-state index >= 15 is 0 Å². The minimum atomic E-state index is 0.956. The minimum absolute atomic E-state index is 0.956. The van der Waals surface area contributed by atoms with E-state index in [0.717, 1.165) is 5.75 Å². The molecule has 18 heavy (non-hydrogen) atoms. The van der Waals surface area contributed by atoms with Gasteiger partial charge in [0.2, 0.25) is 0 Å². The number of thiophene rings is 1. The van der Waals surface area contributed by atoms with Gasteiger partial charge in [0, 0.05) is 4.88 Å². The predicted molar refractivity (Wildman–Crippen MR) is 80.5 cm³/mol. The summed E-state index contributed by atoms with van der Waals surface area (Å²) >= 11 is 1.77. The first-order valence-electron chi connectivity index (χ1n) is 5.99. The molecule has 94 valence electrons. The van der Waals surface area contributed by atoms with E-state index < -0.39 is 0 Å². The Balaban J connectivity index is 2.32. The van der Waals surface area contributed by atoms with Gasteiger partial charge in [0.05, 0.1) is 7.11 Å². The highest BCUT2D eigenvalue weighted by atomic mass is 32.1. The third kappa shape index (κ3) is 2.65. The Morgan fingerprint density at radius 3 is 2.44 bits per heavy atom. The fraction of sp³-hybridized carbons (Fsp3) is 0.250. The fourth-order valence-electron chi connectivity index (χ4n) is 1.89. The molecule has 0 fully saturated rings. The maximum atomic E-state index is 5.40. The lowest BCUT2D eigenvalue weighted by Crippen LogP contribution is -1.91. The Morgan fingerprint density at radius 2 is 1.83 bits per heavy atom. The Labute approximate surface area is 113 Å². The van der Waals surface area contributed by atoms with Crippen molar-refractivity contribution in [1.82, 2.24) is 0 Å². The molecule has 0 saturated heterocycles. The number of methoxy groups -OCH3 is 1. The largest absolute Gasteiger partial charge is 0.496 e. The molecule has 0 amide bonds. The number of hydrogen-bond donors (Lipinski definition) is 0. The first-order chi connectivity index (χ1) is 8.61. The molecule has 0 aliphatic carbocycles. The van der Waals surface area contributed by atoms with Crippen LogP contribution >= 0.6 is 11.3 Å². The second-order valence-corrected chi connectivity index (χ2v) is 5.41. The van der Waals surface area contributed by atoms with Crippen LogP contribution in [-0.2, 0) is 0 Å². The summed E-state index contributed by atoms with van der Waals surface area (Å²) < 4.78 is 5.40. The highest BCUT2D eigenvalue weighted by molar-refractivity contribution is 7.11. The molecule has 1 heterocycles. The summed E-state index contributed by atoms with van der Waals surface area (Å²) in [5.74, 6) is 0.956. The van der Waals surface area contributed by atoms with Gasteiger partial charge in [-0.15, -0.1) is 11.3 Å². The molecule has 0 radical (unpaired) electrons. The number of benzene rings is 1. The third-order valence-corrected chi connectivity index (χ3v) is 4.17. The highest BCUT2D eigenvalue weighted by Crippen LogP contribution is 2.25. The van der Waals surface area contributed by atoms with Crippen LogP contribution in [0.5, 0.6) is 5.75 Å². The quantitative estimate of drug-likeness (QED) is 0.764. The number of ether oxygens (including phenoxy) is 1. The Hall–Kier alpha value is -1.54. The summed E-state index contributed by atoms with van der Waals surface area (Å²) in [6, 6.07) is 6.42. The molecule has 0 aliphatic rings. The molecule has 0 aliphatic heterocycles. The second kappa shape index (κ2) is 5.40. The molecule has 0 unspecified atom stereocenters. The SMILES string of the molecule is COc1cc(/C=C/c2sccc2C)cc(C)c1C. The van der Waals surface area contributed by atoms with Crippen molar-refractivity contribution in [2.45, 2.75) is 20.8 Å². The van der Waals surface area contributed by atoms with Crippen LogP contribution in [0.4, 0.5) is 0 Å². The van der Waals surface area contributed by atoms with Crippen molar-refractivity contribution in [2.75, 3.05) is 7.11 Å². The van der Waals surface area contributed by atoms with Gasteiger partial charge in [0.1, 0.15) is 5.75 Å². The Kier molecular flexibility index (Phi) is 3.87. The summed E-state index contributed by atoms with van der Waals surface area (Å²) in [6.07, 6.45) is 4.32. The summed E-state index contributed by atoms with van der Waals surface area (Å²) in [5.41, 5.74) is 4.98. The lowest BCUT2D eigenvalue weighted by atomic mass is 10.0. The van der Waals surface area contributed by atoms with E-state index in [1.165, 1.54) is 27.1 Å². The van der Waals surface area contributed by atoms with Crippen LogP contribution in [0.1, 0.15) is 27.1 Å². The number of rotatable bonds is 3. The monoisotopic (exact) mass is 258 g/mol. The van der Waals surface area contributed by atoms with E-state index in [9.17, 15) is 0 Å². The summed E-state index contributed by atoms with van der Waals surface area (Å²) in [4.78, 5) is 1.31. The lowest BCUT2D eigenvalue weighted by molar-refractivity contribution is 0.411. The van der Waals surface area contributed by atoms with Gasteiger partial charge < -0.3 is 4.74 Å². The molecular weight excluding hydrogens is 240 g/mol. The Morgan fingerprint density at radius 1 is 1.06 bits per heavy atom. The van der Waals surface area contributed by atoms with Crippen LogP contribution in [0.25, 0.3) is 12.2 Å². The van der Waals surface area contributed by atoms with Crippen molar-refractivity contribution in [3.63, 3.8) is 0 Å². The average molecular weight is 258 g/mol. The fourth-order valence-corrected chi connectivity index (χ4v) is 2.71. The maximum absolute atomic E-state index is 5.40. The Bertz CT molecular complexity index is 579. The van der Waals surface area contributed by atoms with Crippen molar-refractivity contribution >= 4 is 23.5 Å². The molecule has 2 aromatic rings. The van der Waals surface area contributed by atoms with E-state index in [-0.39, 0.29) is 0 Å². The summed E-state index contributed by atoms with van der Waals surface area (Å²) in [5, 5.41) is 2.12. The van der Waals surface area contributed by atoms with Crippen molar-refractivity contribution in [1.29, 1.82) is 0 Å². The third-order valence-electron chi connectivity index (χ3n) is 3.19. The molecule has 2 heteroatoms. The van der Waals surface area contributed by atoms with Gasteiger partial charge in [-0.25, -0.2) is 0 Å². The van der Waals surface area contributed by atoms with Gasteiger partial charge in [-0.3, -0.25) is 0 Å². The molecule has 0 saturated carbocycles. The second-order valence-electron chi connectivity index (χ2n) is 4.47. The summed E-state index contributed by atoms with van der Waals surface area (Å²) in [7, 11) is 1.72. The van der Waals surface area contributed by atoms with Crippen molar-refractivity contribution in [3.8, 4) is 5.75 Å². The number of aryl methyl sites for hydroxylation is 2. The molecule has 0 bridgehead atoms. The molecule has 1 aromatic heterocycles. The lowest BCUT2D eigenvalue weighted by Gasteiger charge is -2.08. The van der Waals surface area contributed by atoms with Crippen LogP contribution in [0.15, 0.2) is 23.6 Å². The van der Waals surface area contributed by atoms with Gasteiger partial charge >= 0.3 is 0 Å². The van der Waals surface area contributed by atoms with Gasteiger partial charge in [-0.1, -0.05) is 12.1 Å². The van der Waals surface area contributed by atoms with Crippen molar-refractivity contribution < 1.29 is 4.74 Å². The smallest absolute Gasteiger partial charge is 0.122 e. The highest BCUT2D eigenvalue weighted by Gasteiger charge is 2.03. The van der Waals surface area contributed by atoms with E-state index in [1.807, 2.05) is 0 Å². The van der Waals surface area contributed by atoms with Crippen LogP contribution in [0.3, 0.4) is 0 Å². The maximum Gasteiger partial charge on any atom is 0.122 e. The average Bonchev–Trinajstić information content (AvgIpc) is 2.76. The number of hydrogen-bond acceptors (Lipinski definition) is 2. The van der Waals surface area contributed by atoms with Crippen LogP contribution in [0, 0.1) is 20.8 Å². The molecule has 2 rings (SSSR count). The standard InChI is InChI=1S/C16H18OS/c1-11-7-8-18-16(11)6-5-14-9-12(2)13(3)15(10-14)17-4/h5-10H,1-4H3/b6-5+. The van der Waals surface area contributed by atoms with Gasteiger partial charge in [0.15, 0.2) is 0 Å². The van der Waals surface area contributed by atoms with Crippen LogP contribution < -0.4 is 4.74 Å². The van der Waals surface area contributed by atoms with Crippen molar-refractivity contribution in [2.24, 2.45) is 0 Å².